The molecular weight excluding hydrogens is 390 g/mol. The molecule has 1 nitrogen and oxygen atoms in total. The Bertz CT molecular complexity index is 742. The van der Waals surface area contributed by atoms with Crippen LogP contribution in [0.3, 0.4) is 0 Å². The van der Waals surface area contributed by atoms with Crippen molar-refractivity contribution in [3.63, 3.8) is 0 Å². The summed E-state index contributed by atoms with van der Waals surface area (Å²) in [5, 5.41) is 0. The molecule has 0 saturated heterocycles. The van der Waals surface area contributed by atoms with Crippen molar-refractivity contribution in [2.45, 2.75) is 90.4 Å². The van der Waals surface area contributed by atoms with Crippen molar-refractivity contribution in [1.82, 2.24) is 0 Å². The van der Waals surface area contributed by atoms with Crippen molar-refractivity contribution in [2.75, 3.05) is 6.61 Å². The van der Waals surface area contributed by atoms with Crippen LogP contribution in [0.4, 0.5) is 8.78 Å². The third-order valence-electron chi connectivity index (χ3n) is 8.70. The summed E-state index contributed by atoms with van der Waals surface area (Å²) in [4.78, 5) is 0. The number of rotatable bonds is 6. The smallest absolute Gasteiger partial charge is 0.200 e. The van der Waals surface area contributed by atoms with Crippen LogP contribution in [0.15, 0.2) is 24.3 Å². The van der Waals surface area contributed by atoms with Gasteiger partial charge in [-0.2, -0.15) is 4.39 Å². The van der Waals surface area contributed by atoms with E-state index in [1.165, 1.54) is 44.9 Å². The van der Waals surface area contributed by atoms with Crippen LogP contribution >= 0.6 is 0 Å². The molecule has 31 heavy (non-hydrogen) atoms. The highest BCUT2D eigenvalue weighted by Gasteiger charge is 2.34. The largest absolute Gasteiger partial charge is 0.491 e. The van der Waals surface area contributed by atoms with E-state index in [4.69, 9.17) is 4.74 Å². The van der Waals surface area contributed by atoms with Gasteiger partial charge in [0, 0.05) is 0 Å². The summed E-state index contributed by atoms with van der Waals surface area (Å²) in [6.07, 6.45) is 18.9. The van der Waals surface area contributed by atoms with E-state index in [2.05, 4.69) is 19.1 Å². The molecule has 0 radical (unpaired) electrons. The summed E-state index contributed by atoms with van der Waals surface area (Å²) in [6.45, 7) is 4.43. The van der Waals surface area contributed by atoms with Crippen LogP contribution < -0.4 is 4.74 Å². The van der Waals surface area contributed by atoms with Gasteiger partial charge in [0.05, 0.1) is 6.61 Å². The maximum absolute atomic E-state index is 14.6. The maximum Gasteiger partial charge on any atom is 0.200 e. The zero-order chi connectivity index (χ0) is 21.8. The van der Waals surface area contributed by atoms with Gasteiger partial charge in [0.1, 0.15) is 0 Å². The molecule has 3 aliphatic rings. The molecule has 0 bridgehead atoms. The first-order chi connectivity index (χ1) is 15.1. The molecule has 1 aromatic rings. The summed E-state index contributed by atoms with van der Waals surface area (Å²) in [7, 11) is 0. The number of ether oxygens (including phenoxy) is 1. The monoisotopic (exact) mass is 430 g/mol. The van der Waals surface area contributed by atoms with Crippen molar-refractivity contribution in [3.8, 4) is 5.75 Å². The molecule has 0 aromatic heterocycles. The quantitative estimate of drug-likeness (QED) is 0.411. The Kier molecular flexibility index (Phi) is 7.72. The molecule has 0 spiro atoms. The Balaban J connectivity index is 1.27. The lowest BCUT2D eigenvalue weighted by molar-refractivity contribution is 0.138. The highest BCUT2D eigenvalue weighted by molar-refractivity contribution is 5.33. The Morgan fingerprint density at radius 1 is 0.742 bits per heavy atom. The van der Waals surface area contributed by atoms with E-state index in [0.717, 1.165) is 55.3 Å². The van der Waals surface area contributed by atoms with Gasteiger partial charge < -0.3 is 4.74 Å². The normalized spacial score (nSPS) is 33.9. The van der Waals surface area contributed by atoms with Crippen molar-refractivity contribution < 1.29 is 13.5 Å². The van der Waals surface area contributed by atoms with E-state index < -0.39 is 11.6 Å². The van der Waals surface area contributed by atoms with Crippen LogP contribution in [0.1, 0.15) is 96.0 Å². The summed E-state index contributed by atoms with van der Waals surface area (Å²) >= 11 is 0. The molecule has 2 unspecified atom stereocenters. The lowest BCUT2D eigenvalue weighted by Gasteiger charge is -2.40. The van der Waals surface area contributed by atoms with E-state index in [9.17, 15) is 8.78 Å². The number of hydrogen-bond acceptors (Lipinski definition) is 1. The van der Waals surface area contributed by atoms with Gasteiger partial charge in [0.25, 0.3) is 0 Å². The lowest BCUT2D eigenvalue weighted by Crippen LogP contribution is -2.28. The third-order valence-corrected chi connectivity index (χ3v) is 8.70. The maximum atomic E-state index is 14.6. The average molecular weight is 431 g/mol. The second-order valence-corrected chi connectivity index (χ2v) is 10.3. The highest BCUT2D eigenvalue weighted by atomic mass is 19.2. The molecule has 0 heterocycles. The number of allylic oxidation sites excluding steroid dienone is 2. The molecule has 0 aliphatic heterocycles. The second kappa shape index (κ2) is 10.5. The molecule has 3 heteroatoms. The summed E-state index contributed by atoms with van der Waals surface area (Å²) in [6, 6.07) is 3.35. The summed E-state index contributed by atoms with van der Waals surface area (Å²) < 4.78 is 34.1. The fourth-order valence-electron chi connectivity index (χ4n) is 6.71. The topological polar surface area (TPSA) is 9.23 Å². The van der Waals surface area contributed by atoms with Gasteiger partial charge in [-0.25, -0.2) is 4.39 Å². The molecule has 1 aromatic carbocycles. The van der Waals surface area contributed by atoms with Crippen LogP contribution in [-0.2, 0) is 0 Å². The van der Waals surface area contributed by atoms with Crippen LogP contribution in [0, 0.1) is 41.2 Å². The van der Waals surface area contributed by atoms with Crippen LogP contribution in [-0.4, -0.2) is 6.61 Å². The molecule has 2 saturated carbocycles. The van der Waals surface area contributed by atoms with Gasteiger partial charge in [-0.1, -0.05) is 25.1 Å². The molecule has 2 atom stereocenters. The van der Waals surface area contributed by atoms with Gasteiger partial charge in [-0.15, -0.1) is 0 Å². The van der Waals surface area contributed by atoms with Gasteiger partial charge in [-0.05, 0) is 125 Å². The molecule has 172 valence electrons. The van der Waals surface area contributed by atoms with Crippen molar-refractivity contribution in [3.05, 3.63) is 41.5 Å². The van der Waals surface area contributed by atoms with Crippen molar-refractivity contribution >= 4 is 0 Å². The minimum atomic E-state index is -0.818. The first kappa shape index (κ1) is 22.8. The van der Waals surface area contributed by atoms with E-state index in [0.29, 0.717) is 12.2 Å². The zero-order valence-electron chi connectivity index (χ0n) is 19.4. The van der Waals surface area contributed by atoms with Crippen LogP contribution in [0.5, 0.6) is 5.75 Å². The highest BCUT2D eigenvalue weighted by Crippen LogP contribution is 2.47. The van der Waals surface area contributed by atoms with Crippen molar-refractivity contribution in [1.29, 1.82) is 0 Å². The van der Waals surface area contributed by atoms with Gasteiger partial charge in [-0.3, -0.25) is 0 Å². The lowest BCUT2D eigenvalue weighted by atomic mass is 9.65. The minimum absolute atomic E-state index is 0.0345. The SMILES string of the molecule is CCOc1ccc(C2CCC(C3CCC(C4C=CC(CC)CC4)CC3)CC2)c(F)c1F. The standard InChI is InChI=1S/C28H40F2O/c1-3-19-5-7-20(8-6-19)21-9-11-22(12-10-21)23-13-15-24(16-14-23)25-17-18-26(31-4-2)28(30)27(25)29/h5,7,17-24H,3-4,6,8-16H2,1-2H3. The van der Waals surface area contributed by atoms with Crippen LogP contribution in [0.25, 0.3) is 0 Å². The molecule has 3 aliphatic carbocycles. The summed E-state index contributed by atoms with van der Waals surface area (Å²) in [5.74, 6) is 2.82. The zero-order valence-corrected chi connectivity index (χ0v) is 19.4. The molecular formula is C28H40F2O. The number of hydrogen-bond donors (Lipinski definition) is 0. The Hall–Kier alpha value is -1.38. The van der Waals surface area contributed by atoms with Gasteiger partial charge >= 0.3 is 0 Å². The summed E-state index contributed by atoms with van der Waals surface area (Å²) in [5.41, 5.74) is 0.553. The number of benzene rings is 1. The number of halogens is 2. The predicted molar refractivity (Wildman–Crippen MR) is 123 cm³/mol. The van der Waals surface area contributed by atoms with E-state index in [1.807, 2.05) is 0 Å². The van der Waals surface area contributed by atoms with Gasteiger partial charge in [0.2, 0.25) is 5.82 Å². The Labute approximate surface area is 187 Å². The Morgan fingerprint density at radius 2 is 1.39 bits per heavy atom. The average Bonchev–Trinajstić information content (AvgIpc) is 2.83. The van der Waals surface area contributed by atoms with Crippen molar-refractivity contribution in [2.24, 2.45) is 29.6 Å². The Morgan fingerprint density at radius 3 is 1.97 bits per heavy atom. The fourth-order valence-corrected chi connectivity index (χ4v) is 6.71. The predicted octanol–water partition coefficient (Wildman–Crippen LogP) is 8.44. The van der Waals surface area contributed by atoms with E-state index in [1.54, 1.807) is 19.1 Å². The molecule has 2 fully saturated rings. The third kappa shape index (κ3) is 5.17. The van der Waals surface area contributed by atoms with Crippen LogP contribution in [0.2, 0.25) is 0 Å². The fraction of sp³-hybridized carbons (Fsp3) is 0.714. The molecule has 4 rings (SSSR count). The first-order valence-electron chi connectivity index (χ1n) is 12.9. The van der Waals surface area contributed by atoms with E-state index >= 15 is 0 Å². The van der Waals surface area contributed by atoms with E-state index in [-0.39, 0.29) is 11.7 Å². The second-order valence-electron chi connectivity index (χ2n) is 10.3. The first-order valence-corrected chi connectivity index (χ1v) is 12.9. The minimum Gasteiger partial charge on any atom is -0.491 e. The van der Waals surface area contributed by atoms with Gasteiger partial charge in [0.15, 0.2) is 11.6 Å². The molecule has 0 N–H and O–H groups in total. The molecule has 0 amide bonds.